The van der Waals surface area contributed by atoms with E-state index in [1.807, 2.05) is 0 Å². The predicted octanol–water partition coefficient (Wildman–Crippen LogP) is 2.08. The van der Waals surface area contributed by atoms with E-state index in [1.165, 1.54) is 41.1 Å². The second kappa shape index (κ2) is 9.76. The van der Waals surface area contributed by atoms with Gasteiger partial charge in [-0.15, -0.1) is 0 Å². The van der Waals surface area contributed by atoms with Gasteiger partial charge in [-0.2, -0.15) is 0 Å². The quantitative estimate of drug-likeness (QED) is 0.401. The van der Waals surface area contributed by atoms with Crippen LogP contribution in [0.5, 0.6) is 5.75 Å². The first-order valence-electron chi connectivity index (χ1n) is 10.3. The standard InChI is InChI=1S/C23H17ClF2N4O6/c24-20-18(36-11-13-2-3-14(25)8-15(13)26)5-6-28(21(20)33)9-12-1-4-16-17(7-12)30(22(27)34)23(35)29(16)19(32)10-31/h1-8,31H,9-11H2,(H2,27,34). The van der Waals surface area contributed by atoms with Crippen LogP contribution in [-0.4, -0.2) is 37.4 Å². The summed E-state index contributed by atoms with van der Waals surface area (Å²) in [4.78, 5) is 49.1. The van der Waals surface area contributed by atoms with Crippen molar-refractivity contribution < 1.29 is 28.2 Å². The molecule has 4 rings (SSSR count). The van der Waals surface area contributed by atoms with Crippen molar-refractivity contribution in [3.05, 3.63) is 97.3 Å². The lowest BCUT2D eigenvalue weighted by atomic mass is 10.2. The number of carbonyl (C=O) groups excluding carboxylic acids is 2. The van der Waals surface area contributed by atoms with Gasteiger partial charge in [0.05, 0.1) is 17.6 Å². The Morgan fingerprint density at radius 2 is 1.78 bits per heavy atom. The number of pyridine rings is 1. The molecule has 0 fully saturated rings. The molecule has 10 nitrogen and oxygen atoms in total. The van der Waals surface area contributed by atoms with Crippen LogP contribution in [-0.2, 0) is 13.2 Å². The van der Waals surface area contributed by atoms with Crippen LogP contribution in [0.1, 0.15) is 15.9 Å². The zero-order valence-electron chi connectivity index (χ0n) is 18.3. The van der Waals surface area contributed by atoms with Gasteiger partial charge in [-0.05, 0) is 35.9 Å². The summed E-state index contributed by atoms with van der Waals surface area (Å²) in [7, 11) is 0. The molecule has 186 valence electrons. The average Bonchev–Trinajstić information content (AvgIpc) is 3.13. The number of aromatic nitrogens is 3. The van der Waals surface area contributed by atoms with E-state index in [1.54, 1.807) is 0 Å². The number of hydrogen-bond donors (Lipinski definition) is 2. The Morgan fingerprint density at radius 3 is 2.44 bits per heavy atom. The Labute approximate surface area is 205 Å². The van der Waals surface area contributed by atoms with Crippen molar-refractivity contribution in [3.63, 3.8) is 0 Å². The molecule has 3 N–H and O–H groups in total. The fourth-order valence-electron chi connectivity index (χ4n) is 3.62. The summed E-state index contributed by atoms with van der Waals surface area (Å²) < 4.78 is 34.7. The number of nitrogens with two attached hydrogens (primary N) is 1. The van der Waals surface area contributed by atoms with Gasteiger partial charge in [0.2, 0.25) is 0 Å². The first kappa shape index (κ1) is 24.8. The number of aliphatic hydroxyl groups excluding tert-OH is 1. The fraction of sp³-hybridized carbons (Fsp3) is 0.130. The molecule has 0 aliphatic heterocycles. The molecule has 36 heavy (non-hydrogen) atoms. The van der Waals surface area contributed by atoms with E-state index < -0.39 is 41.4 Å². The van der Waals surface area contributed by atoms with Crippen LogP contribution < -0.4 is 21.7 Å². The number of fused-ring (bicyclic) bond motifs is 1. The number of primary amides is 1. The molecule has 4 aromatic rings. The van der Waals surface area contributed by atoms with Gasteiger partial charge in [-0.1, -0.05) is 17.7 Å². The van der Waals surface area contributed by atoms with Crippen LogP contribution in [0, 0.1) is 11.6 Å². The van der Waals surface area contributed by atoms with Crippen molar-refractivity contribution in [2.45, 2.75) is 13.2 Å². The number of benzene rings is 2. The van der Waals surface area contributed by atoms with Crippen molar-refractivity contribution in [3.8, 4) is 5.75 Å². The zero-order valence-corrected chi connectivity index (χ0v) is 19.0. The smallest absolute Gasteiger partial charge is 0.344 e. The predicted molar refractivity (Wildman–Crippen MR) is 124 cm³/mol. The number of nitrogens with zero attached hydrogens (tertiary/aromatic N) is 3. The highest BCUT2D eigenvalue weighted by Gasteiger charge is 2.21. The summed E-state index contributed by atoms with van der Waals surface area (Å²) in [6.45, 7) is -1.30. The topological polar surface area (TPSA) is 139 Å². The molecule has 0 bridgehead atoms. The van der Waals surface area contributed by atoms with Crippen molar-refractivity contribution >= 4 is 34.6 Å². The number of rotatable bonds is 6. The lowest BCUT2D eigenvalue weighted by Crippen LogP contribution is -2.35. The summed E-state index contributed by atoms with van der Waals surface area (Å²) in [6, 6.07) is 7.53. The van der Waals surface area contributed by atoms with Gasteiger partial charge < -0.3 is 20.1 Å². The van der Waals surface area contributed by atoms with Crippen LogP contribution in [0.2, 0.25) is 5.02 Å². The highest BCUT2D eigenvalue weighted by Crippen LogP contribution is 2.23. The second-order valence-corrected chi connectivity index (χ2v) is 8.00. The first-order chi connectivity index (χ1) is 17.1. The zero-order chi connectivity index (χ0) is 26.1. The highest BCUT2D eigenvalue weighted by molar-refractivity contribution is 6.31. The molecule has 2 aromatic heterocycles. The molecular weight excluding hydrogens is 502 g/mol. The Morgan fingerprint density at radius 1 is 1.03 bits per heavy atom. The van der Waals surface area contributed by atoms with Crippen LogP contribution in [0.15, 0.2) is 58.3 Å². The lowest BCUT2D eigenvalue weighted by Gasteiger charge is -2.12. The van der Waals surface area contributed by atoms with Crippen molar-refractivity contribution in [1.29, 1.82) is 0 Å². The molecule has 13 heteroatoms. The molecule has 0 radical (unpaired) electrons. The second-order valence-electron chi connectivity index (χ2n) is 7.62. The van der Waals surface area contributed by atoms with Crippen molar-refractivity contribution in [2.75, 3.05) is 6.61 Å². The fourth-order valence-corrected chi connectivity index (χ4v) is 3.85. The van der Waals surface area contributed by atoms with Crippen molar-refractivity contribution in [1.82, 2.24) is 13.7 Å². The SMILES string of the molecule is NC(=O)n1c(=O)n(C(=O)CO)c2ccc(Cn3ccc(OCc4ccc(F)cc4F)c(Cl)c3=O)cc21. The van der Waals surface area contributed by atoms with Gasteiger partial charge in [0.1, 0.15) is 35.6 Å². The highest BCUT2D eigenvalue weighted by atomic mass is 35.5. The van der Waals surface area contributed by atoms with Gasteiger partial charge in [-0.25, -0.2) is 27.5 Å². The van der Waals surface area contributed by atoms with Gasteiger partial charge in [0.15, 0.2) is 0 Å². The summed E-state index contributed by atoms with van der Waals surface area (Å²) in [5.74, 6) is -2.51. The van der Waals surface area contributed by atoms with E-state index in [4.69, 9.17) is 27.2 Å². The number of aliphatic hydroxyl groups is 1. The van der Waals surface area contributed by atoms with E-state index in [0.29, 0.717) is 20.8 Å². The lowest BCUT2D eigenvalue weighted by molar-refractivity contribution is 0.0819. The molecule has 0 unspecified atom stereocenters. The van der Waals surface area contributed by atoms with Gasteiger partial charge in [0.25, 0.3) is 11.5 Å². The Hall–Kier alpha value is -4.29. The third-order valence-electron chi connectivity index (χ3n) is 5.33. The molecular formula is C23H17ClF2N4O6. The van der Waals surface area contributed by atoms with Crippen LogP contribution >= 0.6 is 11.6 Å². The molecule has 0 aliphatic rings. The average molecular weight is 519 g/mol. The van der Waals surface area contributed by atoms with Crippen molar-refractivity contribution in [2.24, 2.45) is 5.73 Å². The molecule has 0 aliphatic carbocycles. The molecule has 2 aromatic carbocycles. The van der Waals surface area contributed by atoms with Crippen LogP contribution in [0.3, 0.4) is 0 Å². The number of imidazole rings is 1. The number of halogens is 3. The van der Waals surface area contributed by atoms with Gasteiger partial charge in [0, 0.05) is 17.8 Å². The van der Waals surface area contributed by atoms with Crippen LogP contribution in [0.25, 0.3) is 11.0 Å². The van der Waals surface area contributed by atoms with Crippen LogP contribution in [0.4, 0.5) is 13.6 Å². The molecule has 0 saturated heterocycles. The summed E-state index contributed by atoms with van der Waals surface area (Å²) >= 11 is 6.15. The van der Waals surface area contributed by atoms with E-state index in [9.17, 15) is 28.0 Å². The number of hydrogen-bond acceptors (Lipinski definition) is 6. The monoisotopic (exact) mass is 518 g/mol. The van der Waals surface area contributed by atoms with E-state index >= 15 is 0 Å². The van der Waals surface area contributed by atoms with E-state index in [0.717, 1.165) is 6.07 Å². The number of carbonyl (C=O) groups is 2. The largest absolute Gasteiger partial charge is 0.487 e. The summed E-state index contributed by atoms with van der Waals surface area (Å²) in [6.07, 6.45) is 1.37. The Bertz CT molecular complexity index is 1640. The number of amides is 1. The molecule has 2 heterocycles. The third-order valence-corrected chi connectivity index (χ3v) is 5.68. The molecule has 1 amide bonds. The molecule has 0 saturated carbocycles. The van der Waals surface area contributed by atoms with Gasteiger partial charge >= 0.3 is 11.7 Å². The van der Waals surface area contributed by atoms with E-state index in [-0.39, 0.29) is 40.5 Å². The molecule has 0 spiro atoms. The minimum Gasteiger partial charge on any atom is -0.487 e. The number of ether oxygens (including phenoxy) is 1. The third kappa shape index (κ3) is 4.51. The minimum atomic E-state index is -1.13. The normalized spacial score (nSPS) is 11.1. The Balaban J connectivity index is 1.64. The summed E-state index contributed by atoms with van der Waals surface area (Å²) in [5, 5.41) is 8.86. The maximum atomic E-state index is 13.8. The molecule has 0 atom stereocenters. The van der Waals surface area contributed by atoms with Gasteiger partial charge in [-0.3, -0.25) is 9.59 Å². The Kier molecular flexibility index (Phi) is 6.73. The summed E-state index contributed by atoms with van der Waals surface area (Å²) in [5.41, 5.74) is 4.18. The minimum absolute atomic E-state index is 0.00669. The first-order valence-corrected chi connectivity index (χ1v) is 10.7. The van der Waals surface area contributed by atoms with E-state index in [2.05, 4.69) is 0 Å². The maximum Gasteiger partial charge on any atom is 0.344 e. The maximum absolute atomic E-state index is 13.8.